The summed E-state index contributed by atoms with van der Waals surface area (Å²) in [5.74, 6) is 3.01. The first-order chi connectivity index (χ1) is 21.6. The van der Waals surface area contributed by atoms with Gasteiger partial charge < -0.3 is 0 Å². The molecule has 4 aromatic heterocycles. The van der Waals surface area contributed by atoms with Gasteiger partial charge in [-0.3, -0.25) is 0 Å². The molecule has 0 saturated heterocycles. The summed E-state index contributed by atoms with van der Waals surface area (Å²) in [6, 6.07) is 35.3. The zero-order chi connectivity index (χ0) is 29.8. The molecule has 4 aromatic carbocycles. The monoisotopic (exact) mass is 753 g/mol. The van der Waals surface area contributed by atoms with Crippen molar-refractivity contribution < 1.29 is 24.1 Å². The number of nitrogens with zero attached hydrogens (tertiary/aromatic N) is 6. The Bertz CT molecular complexity index is 2420. The van der Waals surface area contributed by atoms with Crippen molar-refractivity contribution in [1.82, 2.24) is 28.7 Å². The Hall–Kier alpha value is -5.13. The van der Waals surface area contributed by atoms with E-state index in [0.29, 0.717) is 5.82 Å². The molecular formula is C36H26N6OPt. The molecular weight excluding hydrogens is 728 g/mol. The Labute approximate surface area is 264 Å². The van der Waals surface area contributed by atoms with Crippen molar-refractivity contribution in [1.29, 1.82) is 0 Å². The van der Waals surface area contributed by atoms with Gasteiger partial charge in [0.1, 0.15) is 0 Å². The molecule has 0 bridgehead atoms. The summed E-state index contributed by atoms with van der Waals surface area (Å²) in [5, 5.41) is 2.30. The van der Waals surface area contributed by atoms with Gasteiger partial charge in [0.25, 0.3) is 0 Å². The van der Waals surface area contributed by atoms with Crippen molar-refractivity contribution in [3.05, 3.63) is 131 Å². The van der Waals surface area contributed by atoms with Crippen LogP contribution >= 0.6 is 0 Å². The average Bonchev–Trinajstić information content (AvgIpc) is 3.52. The number of benzene rings is 4. The Morgan fingerprint density at radius 1 is 0.636 bits per heavy atom. The molecule has 0 spiro atoms. The number of hydrogen-bond donors (Lipinski definition) is 0. The molecule has 0 aliphatic carbocycles. The fourth-order valence-corrected chi connectivity index (χ4v) is 6.77. The smallest absolute Gasteiger partial charge is 0.237 e. The number of imidazole rings is 1. The van der Waals surface area contributed by atoms with Crippen LogP contribution in [0.15, 0.2) is 122 Å². The molecule has 8 aromatic rings. The van der Waals surface area contributed by atoms with Gasteiger partial charge in [0.05, 0.1) is 0 Å². The zero-order valence-corrected chi connectivity index (χ0v) is 26.2. The fraction of sp³-hybridized carbons (Fsp3) is 0.0556. The molecule has 0 aliphatic rings. The van der Waals surface area contributed by atoms with Crippen LogP contribution in [0.4, 0.5) is 0 Å². The van der Waals surface area contributed by atoms with Crippen LogP contribution in [0.3, 0.4) is 0 Å². The van der Waals surface area contributed by atoms with Crippen molar-refractivity contribution >= 4 is 32.8 Å². The van der Waals surface area contributed by atoms with Crippen molar-refractivity contribution in [2.24, 2.45) is 7.05 Å². The van der Waals surface area contributed by atoms with E-state index in [9.17, 15) is 0 Å². The third-order valence-electron chi connectivity index (χ3n) is 8.00. The fourth-order valence-electron chi connectivity index (χ4n) is 5.93. The summed E-state index contributed by atoms with van der Waals surface area (Å²) >= 11 is 2.38. The Morgan fingerprint density at radius 2 is 1.36 bits per heavy atom. The maximum absolute atomic E-state index is 6.52. The summed E-state index contributed by atoms with van der Waals surface area (Å²) in [4.78, 5) is 13.7. The Morgan fingerprint density at radius 3 is 2.18 bits per heavy atom. The van der Waals surface area contributed by atoms with Crippen LogP contribution in [-0.2, 0) is 26.4 Å². The number of hydrogen-bond acceptors (Lipinski definition) is 4. The van der Waals surface area contributed by atoms with Gasteiger partial charge in [0.2, 0.25) is 0 Å². The van der Waals surface area contributed by atoms with Gasteiger partial charge in [-0.2, -0.15) is 0 Å². The Kier molecular flexibility index (Phi) is 6.35. The third kappa shape index (κ3) is 4.31. The molecule has 0 saturated carbocycles. The number of para-hydroxylation sites is 3. The quantitative estimate of drug-likeness (QED) is 0.178. The van der Waals surface area contributed by atoms with Crippen LogP contribution < -0.4 is 4.74 Å². The van der Waals surface area contributed by atoms with E-state index in [0.717, 1.165) is 65.3 Å². The van der Waals surface area contributed by atoms with Crippen LogP contribution in [-0.4, -0.2) is 28.7 Å². The minimum atomic E-state index is 0.667. The number of aromatic nitrogens is 6. The van der Waals surface area contributed by atoms with E-state index in [1.54, 1.807) is 12.4 Å². The average molecular weight is 754 g/mol. The summed E-state index contributed by atoms with van der Waals surface area (Å²) in [5.41, 5.74) is 7.44. The van der Waals surface area contributed by atoms with Crippen molar-refractivity contribution in [2.75, 3.05) is 0 Å². The van der Waals surface area contributed by atoms with Crippen LogP contribution in [0.2, 0.25) is 0 Å². The molecule has 4 heterocycles. The summed E-state index contributed by atoms with van der Waals surface area (Å²) < 4.78 is 14.3. The van der Waals surface area contributed by atoms with E-state index in [4.69, 9.17) is 9.72 Å². The van der Waals surface area contributed by atoms with Gasteiger partial charge in [-0.1, -0.05) is 12.1 Å². The van der Waals surface area contributed by atoms with Crippen LogP contribution in [0.5, 0.6) is 11.5 Å². The summed E-state index contributed by atoms with van der Waals surface area (Å²) in [6.07, 6.45) is 5.36. The van der Waals surface area contributed by atoms with Crippen LogP contribution in [0.25, 0.3) is 55.7 Å². The van der Waals surface area contributed by atoms with E-state index >= 15 is 0 Å². The number of ether oxygens (including phenoxy) is 1. The van der Waals surface area contributed by atoms with E-state index in [-0.39, 0.29) is 0 Å². The predicted molar refractivity (Wildman–Crippen MR) is 170 cm³/mol. The third-order valence-corrected chi connectivity index (χ3v) is 9.27. The second kappa shape index (κ2) is 10.5. The molecule has 0 fully saturated rings. The molecule has 0 aliphatic heterocycles. The number of aryl methyl sites for hydroxylation is 2. The van der Waals surface area contributed by atoms with Gasteiger partial charge in [-0.25, -0.2) is 9.97 Å². The first kappa shape index (κ1) is 26.5. The molecule has 0 unspecified atom stereocenters. The molecule has 216 valence electrons. The second-order valence-electron chi connectivity index (χ2n) is 10.7. The first-order valence-electron chi connectivity index (χ1n) is 14.2. The van der Waals surface area contributed by atoms with Crippen LogP contribution in [0.1, 0.15) is 5.56 Å². The Balaban J connectivity index is 1.22. The maximum atomic E-state index is 6.52. The van der Waals surface area contributed by atoms with Crippen molar-refractivity contribution in [3.8, 4) is 34.4 Å². The minimum absolute atomic E-state index is 0.667. The number of pyridine rings is 1. The van der Waals surface area contributed by atoms with Gasteiger partial charge in [0.15, 0.2) is 5.82 Å². The normalized spacial score (nSPS) is 11.5. The molecule has 0 amide bonds. The van der Waals surface area contributed by atoms with Gasteiger partial charge >= 0.3 is 194 Å². The van der Waals surface area contributed by atoms with E-state index < -0.39 is 0 Å². The second-order valence-corrected chi connectivity index (χ2v) is 11.7. The topological polar surface area (TPSA) is 62.7 Å². The summed E-state index contributed by atoms with van der Waals surface area (Å²) in [7, 11) is 2.09. The van der Waals surface area contributed by atoms with Gasteiger partial charge in [0, 0.05) is 24.2 Å². The summed E-state index contributed by atoms with van der Waals surface area (Å²) in [6.45, 7) is 2.07. The van der Waals surface area contributed by atoms with Crippen molar-refractivity contribution in [3.63, 3.8) is 0 Å². The van der Waals surface area contributed by atoms with E-state index in [2.05, 4.69) is 136 Å². The van der Waals surface area contributed by atoms with Gasteiger partial charge in [-0.05, 0) is 18.6 Å². The first-order valence-corrected chi connectivity index (χ1v) is 15.4. The van der Waals surface area contributed by atoms with E-state index in [1.165, 1.54) is 5.52 Å². The van der Waals surface area contributed by atoms with Crippen molar-refractivity contribution in [2.45, 2.75) is 6.92 Å². The molecule has 0 radical (unpaired) electrons. The molecule has 8 heteroatoms. The van der Waals surface area contributed by atoms with Gasteiger partial charge in [-0.15, -0.1) is 0 Å². The molecule has 44 heavy (non-hydrogen) atoms. The molecule has 7 nitrogen and oxygen atoms in total. The van der Waals surface area contributed by atoms with Crippen LogP contribution in [0, 0.1) is 10.7 Å². The SMILES string of the molecule is Cc1cc(-n2c3ccccc3c3ccc(Oc4cccc(-n5[c](=[Pt])n(C)c6ccccc65)c4)cc32)ncc1-c1ncccn1. The van der Waals surface area contributed by atoms with E-state index in [1.807, 2.05) is 30.5 Å². The zero-order valence-electron chi connectivity index (χ0n) is 24.0. The molecule has 0 N–H and O–H groups in total. The predicted octanol–water partition coefficient (Wildman–Crippen LogP) is 8.10. The minimum Gasteiger partial charge on any atom is -0.237 e. The molecule has 0 atom stereocenters. The molecule has 8 rings (SSSR count). The standard InChI is InChI=1S/C36H26N6O.Pt/c1-24-19-35(39-22-30(24)36-37-17-8-18-38-36)42-31-12-4-3-11-28(31)29-16-15-27(21-34(29)42)43-26-10-7-9-25(20-26)41-23-40(2)32-13-5-6-14-33(32)41;/h3-22H,1-2H3;. The number of rotatable bonds is 5. The number of fused-ring (bicyclic) bond motifs is 4.